The van der Waals surface area contributed by atoms with E-state index in [2.05, 4.69) is 31.6 Å². The first kappa shape index (κ1) is 20.9. The summed E-state index contributed by atoms with van der Waals surface area (Å²) in [5.41, 5.74) is 7.63. The van der Waals surface area contributed by atoms with E-state index in [0.29, 0.717) is 24.6 Å². The summed E-state index contributed by atoms with van der Waals surface area (Å²) >= 11 is 0. The molecular weight excluding hydrogens is 418 g/mol. The summed E-state index contributed by atoms with van der Waals surface area (Å²) in [6, 6.07) is 11.5. The van der Waals surface area contributed by atoms with Gasteiger partial charge in [-0.15, -0.1) is 5.53 Å². The Kier molecular flexibility index (Phi) is 5.86. The van der Waals surface area contributed by atoms with Gasteiger partial charge in [-0.3, -0.25) is 14.6 Å². The molecule has 0 saturated heterocycles. The smallest absolute Gasteiger partial charge is 0.273 e. The van der Waals surface area contributed by atoms with E-state index >= 15 is 0 Å². The molecule has 1 fully saturated rings. The minimum absolute atomic E-state index is 0.116. The number of nitrogens with one attached hydrogen (secondary N) is 4. The van der Waals surface area contributed by atoms with Crippen molar-refractivity contribution in [2.45, 2.75) is 25.8 Å². The minimum Gasteiger partial charge on any atom is -0.350 e. The summed E-state index contributed by atoms with van der Waals surface area (Å²) in [6.45, 7) is 1.24. The third-order valence-electron chi connectivity index (χ3n) is 6.07. The van der Waals surface area contributed by atoms with Gasteiger partial charge < -0.3 is 16.1 Å². The number of benzene rings is 2. The van der Waals surface area contributed by atoms with E-state index in [1.807, 2.05) is 47.7 Å². The second-order valence-electron chi connectivity index (χ2n) is 8.23. The molecule has 1 saturated carbocycles. The monoisotopic (exact) mass is 443 g/mol. The topological polar surface area (TPSA) is 111 Å². The van der Waals surface area contributed by atoms with E-state index < -0.39 is 0 Å². The molecule has 1 aliphatic carbocycles. The zero-order valence-electron chi connectivity index (χ0n) is 18.0. The number of carbonyl (C=O) groups is 2. The molecule has 0 spiro atoms. The van der Waals surface area contributed by atoms with Crippen molar-refractivity contribution in [3.63, 3.8) is 0 Å². The maximum atomic E-state index is 13.2. The maximum Gasteiger partial charge on any atom is 0.273 e. The second-order valence-corrected chi connectivity index (χ2v) is 8.23. The third-order valence-corrected chi connectivity index (χ3v) is 6.07. The summed E-state index contributed by atoms with van der Waals surface area (Å²) in [7, 11) is 0. The predicted molar refractivity (Wildman–Crippen MR) is 125 cm³/mol. The van der Waals surface area contributed by atoms with Crippen molar-refractivity contribution in [2.75, 3.05) is 11.9 Å². The fourth-order valence-corrected chi connectivity index (χ4v) is 4.05. The molecule has 9 nitrogen and oxygen atoms in total. The summed E-state index contributed by atoms with van der Waals surface area (Å²) in [5.74, 6) is 0.00672. The Morgan fingerprint density at radius 1 is 1.03 bits per heavy atom. The summed E-state index contributed by atoms with van der Waals surface area (Å²) in [5, 5.41) is 9.41. The van der Waals surface area contributed by atoms with E-state index in [0.717, 1.165) is 29.2 Å². The van der Waals surface area contributed by atoms with E-state index in [1.54, 1.807) is 6.07 Å². The Morgan fingerprint density at radius 2 is 1.85 bits per heavy atom. The minimum atomic E-state index is -0.341. The Bertz CT molecular complexity index is 1220. The molecule has 4 N–H and O–H groups in total. The molecule has 3 aromatic rings. The number of hydrazine groups is 2. The first-order valence-corrected chi connectivity index (χ1v) is 11.0. The highest BCUT2D eigenvalue weighted by Gasteiger charge is 2.22. The number of aromatic nitrogens is 2. The molecular formula is C24H25N7O2. The van der Waals surface area contributed by atoms with Gasteiger partial charge in [0.15, 0.2) is 11.5 Å². The van der Waals surface area contributed by atoms with Gasteiger partial charge in [0.25, 0.3) is 11.8 Å². The summed E-state index contributed by atoms with van der Waals surface area (Å²) in [4.78, 5) is 34.3. The van der Waals surface area contributed by atoms with Crippen LogP contribution in [-0.4, -0.2) is 33.3 Å². The van der Waals surface area contributed by atoms with Gasteiger partial charge in [0, 0.05) is 36.9 Å². The van der Waals surface area contributed by atoms with Crippen LogP contribution in [0.4, 0.5) is 5.82 Å². The maximum absolute atomic E-state index is 13.2. The summed E-state index contributed by atoms with van der Waals surface area (Å²) < 4.78 is 0. The van der Waals surface area contributed by atoms with Crippen LogP contribution in [0.3, 0.4) is 0 Å². The van der Waals surface area contributed by atoms with Gasteiger partial charge in [-0.2, -0.15) is 0 Å². The highest BCUT2D eigenvalue weighted by molar-refractivity contribution is 6.14. The predicted octanol–water partition coefficient (Wildman–Crippen LogP) is 2.71. The molecule has 33 heavy (non-hydrogen) atoms. The number of nitrogens with zero attached hydrogens (tertiary/aromatic N) is 3. The van der Waals surface area contributed by atoms with Gasteiger partial charge in [-0.1, -0.05) is 36.8 Å². The lowest BCUT2D eigenvalue weighted by molar-refractivity contribution is 0.0934. The normalized spacial score (nSPS) is 15.2. The number of rotatable bonds is 7. The number of carbonyl (C=O) groups excluding carboxylic acids is 2. The van der Waals surface area contributed by atoms with Crippen LogP contribution < -0.4 is 21.6 Å². The van der Waals surface area contributed by atoms with Crippen molar-refractivity contribution in [3.8, 4) is 0 Å². The first-order chi connectivity index (χ1) is 16.2. The number of hydrogen-bond acceptors (Lipinski definition) is 7. The van der Waals surface area contributed by atoms with Crippen LogP contribution in [0.1, 0.15) is 45.7 Å². The average molecular weight is 444 g/mol. The fourth-order valence-electron chi connectivity index (χ4n) is 4.05. The quantitative estimate of drug-likeness (QED) is 0.444. The molecule has 1 aromatic heterocycles. The molecule has 0 atom stereocenters. The number of anilines is 1. The van der Waals surface area contributed by atoms with Crippen LogP contribution in [0.2, 0.25) is 0 Å². The molecule has 0 bridgehead atoms. The Balaban J connectivity index is 1.37. The van der Waals surface area contributed by atoms with Crippen molar-refractivity contribution in [2.24, 2.45) is 5.92 Å². The molecule has 2 aromatic carbocycles. The van der Waals surface area contributed by atoms with Gasteiger partial charge in [-0.05, 0) is 41.2 Å². The molecule has 5 rings (SSSR count). The number of fused-ring (bicyclic) bond motifs is 1. The van der Waals surface area contributed by atoms with Gasteiger partial charge in [-0.25, -0.2) is 9.97 Å². The van der Waals surface area contributed by atoms with Gasteiger partial charge in [0.1, 0.15) is 0 Å². The molecule has 9 heteroatoms. The third kappa shape index (κ3) is 4.49. The van der Waals surface area contributed by atoms with E-state index in [4.69, 9.17) is 0 Å². The van der Waals surface area contributed by atoms with Gasteiger partial charge in [0.2, 0.25) is 0 Å². The van der Waals surface area contributed by atoms with Crippen molar-refractivity contribution < 1.29 is 9.59 Å². The van der Waals surface area contributed by atoms with Crippen LogP contribution in [0.5, 0.6) is 0 Å². The van der Waals surface area contributed by atoms with Crippen molar-refractivity contribution in [3.05, 3.63) is 78.0 Å². The zero-order chi connectivity index (χ0) is 22.6. The lowest BCUT2D eigenvalue weighted by atomic mass is 9.85. The highest BCUT2D eigenvalue weighted by atomic mass is 16.2. The molecule has 1 aliphatic heterocycles. The largest absolute Gasteiger partial charge is 0.350 e. The van der Waals surface area contributed by atoms with Crippen LogP contribution in [0.25, 0.3) is 10.8 Å². The Morgan fingerprint density at radius 3 is 2.61 bits per heavy atom. The molecule has 168 valence electrons. The standard InChI is InChI=1S/C24H25N7O2/c32-23(29-22-21(25-10-11-26-22)24(33)27-14-16-4-3-5-16)20-9-8-17(15-31-13-12-28-30-31)18-6-1-2-7-19(18)20/h1-2,6-13,16,28,30H,3-5,14-15H2,(H,27,33)(H,26,29,32). The van der Waals surface area contributed by atoms with Gasteiger partial charge >= 0.3 is 0 Å². The lowest BCUT2D eigenvalue weighted by Gasteiger charge is -2.25. The van der Waals surface area contributed by atoms with E-state index in [1.165, 1.54) is 18.8 Å². The van der Waals surface area contributed by atoms with Crippen LogP contribution in [0.15, 0.2) is 61.2 Å². The first-order valence-electron chi connectivity index (χ1n) is 11.0. The molecule has 2 amide bonds. The van der Waals surface area contributed by atoms with Crippen LogP contribution in [-0.2, 0) is 6.54 Å². The average Bonchev–Trinajstić information content (AvgIpc) is 3.31. The SMILES string of the molecule is O=C(NCC1CCC1)c1nccnc1NC(=O)c1ccc(CN2C=CNN2)c2ccccc12. The van der Waals surface area contributed by atoms with Gasteiger partial charge in [0.05, 0.1) is 6.54 Å². The fraction of sp³-hybridized carbons (Fsp3) is 0.250. The molecule has 0 radical (unpaired) electrons. The second kappa shape index (κ2) is 9.25. The molecule has 2 aliphatic rings. The highest BCUT2D eigenvalue weighted by Crippen LogP contribution is 2.26. The molecule has 0 unspecified atom stereocenters. The van der Waals surface area contributed by atoms with Crippen molar-refractivity contribution in [1.29, 1.82) is 0 Å². The number of hydrogen-bond donors (Lipinski definition) is 4. The Labute approximate surface area is 191 Å². The van der Waals surface area contributed by atoms with Crippen molar-refractivity contribution in [1.82, 2.24) is 31.3 Å². The number of amides is 2. The lowest BCUT2D eigenvalue weighted by Crippen LogP contribution is -2.34. The van der Waals surface area contributed by atoms with E-state index in [9.17, 15) is 9.59 Å². The van der Waals surface area contributed by atoms with E-state index in [-0.39, 0.29) is 23.3 Å². The summed E-state index contributed by atoms with van der Waals surface area (Å²) in [6.07, 6.45) is 10.1. The zero-order valence-corrected chi connectivity index (χ0v) is 18.0. The molecule has 2 heterocycles. The van der Waals surface area contributed by atoms with Crippen LogP contribution in [0, 0.1) is 5.92 Å². The van der Waals surface area contributed by atoms with Crippen LogP contribution >= 0.6 is 0 Å². The Hall–Kier alpha value is -3.98. The van der Waals surface area contributed by atoms with Crippen molar-refractivity contribution >= 4 is 28.4 Å².